The molecule has 33 heavy (non-hydrogen) atoms. The van der Waals surface area contributed by atoms with Crippen LogP contribution >= 0.6 is 15.9 Å². The highest BCUT2D eigenvalue weighted by atomic mass is 79.9. The van der Waals surface area contributed by atoms with Crippen molar-refractivity contribution < 1.29 is 13.2 Å². The molecule has 0 radical (unpaired) electrons. The Bertz CT molecular complexity index is 1480. The summed E-state index contributed by atoms with van der Waals surface area (Å²) in [4.78, 5) is 29.4. The zero-order valence-electron chi connectivity index (χ0n) is 17.2. The van der Waals surface area contributed by atoms with Gasteiger partial charge in [-0.15, -0.1) is 0 Å². The lowest BCUT2D eigenvalue weighted by atomic mass is 10.2. The van der Waals surface area contributed by atoms with Crippen molar-refractivity contribution in [2.24, 2.45) is 5.14 Å². The van der Waals surface area contributed by atoms with E-state index in [1.165, 1.54) is 41.4 Å². The van der Waals surface area contributed by atoms with E-state index in [2.05, 4.69) is 31.3 Å². The van der Waals surface area contributed by atoms with Crippen LogP contribution in [-0.2, 0) is 23.1 Å². The molecule has 1 amide bonds. The third-order valence-electron chi connectivity index (χ3n) is 4.94. The SMILES string of the molecule is NS(=O)(=O)c1ccc(C(=O)NCCn2ncc3c(=O)n(Cc4ccc(Br)cc4)cnc32)cc1. The lowest BCUT2D eigenvalue weighted by molar-refractivity contribution is 0.0952. The molecular weight excluding hydrogens is 512 g/mol. The van der Waals surface area contributed by atoms with Gasteiger partial charge < -0.3 is 5.32 Å². The smallest absolute Gasteiger partial charge is 0.264 e. The van der Waals surface area contributed by atoms with Crippen LogP contribution in [0.15, 0.2) is 75.2 Å². The van der Waals surface area contributed by atoms with Crippen molar-refractivity contribution in [2.45, 2.75) is 18.0 Å². The molecular formula is C21H19BrN6O4S. The Labute approximate surface area is 197 Å². The van der Waals surface area contributed by atoms with Crippen LogP contribution in [0.1, 0.15) is 15.9 Å². The van der Waals surface area contributed by atoms with E-state index in [1.807, 2.05) is 24.3 Å². The van der Waals surface area contributed by atoms with E-state index in [-0.39, 0.29) is 22.9 Å². The Morgan fingerprint density at radius 3 is 2.45 bits per heavy atom. The molecule has 3 N–H and O–H groups in total. The maximum atomic E-state index is 12.8. The fourth-order valence-corrected chi connectivity index (χ4v) is 4.01. The molecule has 0 aliphatic heterocycles. The second kappa shape index (κ2) is 9.25. The summed E-state index contributed by atoms with van der Waals surface area (Å²) in [5, 5.41) is 12.4. The summed E-state index contributed by atoms with van der Waals surface area (Å²) in [6, 6.07) is 13.0. The molecule has 0 spiro atoms. The number of amides is 1. The first kappa shape index (κ1) is 22.8. The van der Waals surface area contributed by atoms with E-state index < -0.39 is 10.0 Å². The first-order chi connectivity index (χ1) is 15.7. The summed E-state index contributed by atoms with van der Waals surface area (Å²) in [6.07, 6.45) is 2.95. The largest absolute Gasteiger partial charge is 0.350 e. The second-order valence-electron chi connectivity index (χ2n) is 7.23. The zero-order chi connectivity index (χ0) is 23.6. The molecule has 0 unspecified atom stereocenters. The van der Waals surface area contributed by atoms with Gasteiger partial charge in [0, 0.05) is 16.6 Å². The predicted octanol–water partition coefficient (Wildman–Crippen LogP) is 1.48. The zero-order valence-corrected chi connectivity index (χ0v) is 19.6. The van der Waals surface area contributed by atoms with Crippen LogP contribution in [0.4, 0.5) is 0 Å². The molecule has 0 aliphatic carbocycles. The third kappa shape index (κ3) is 5.18. The summed E-state index contributed by atoms with van der Waals surface area (Å²) >= 11 is 3.39. The number of nitrogens with zero attached hydrogens (tertiary/aromatic N) is 4. The Hall–Kier alpha value is -3.35. The number of benzene rings is 2. The van der Waals surface area contributed by atoms with E-state index in [0.717, 1.165) is 10.0 Å². The molecule has 170 valence electrons. The average molecular weight is 531 g/mol. The Morgan fingerprint density at radius 2 is 1.79 bits per heavy atom. The lowest BCUT2D eigenvalue weighted by Gasteiger charge is -2.08. The van der Waals surface area contributed by atoms with Crippen molar-refractivity contribution in [1.82, 2.24) is 24.6 Å². The van der Waals surface area contributed by atoms with Crippen LogP contribution in [0.25, 0.3) is 11.0 Å². The lowest BCUT2D eigenvalue weighted by Crippen LogP contribution is -2.28. The Balaban J connectivity index is 1.42. The van der Waals surface area contributed by atoms with Gasteiger partial charge in [0.05, 0.1) is 24.2 Å². The molecule has 2 heterocycles. The molecule has 12 heteroatoms. The number of hydrogen-bond donors (Lipinski definition) is 2. The van der Waals surface area contributed by atoms with E-state index in [0.29, 0.717) is 29.7 Å². The average Bonchev–Trinajstić information content (AvgIpc) is 3.20. The molecule has 0 bridgehead atoms. The molecule has 2 aromatic heterocycles. The van der Waals surface area contributed by atoms with Crippen LogP contribution in [0.2, 0.25) is 0 Å². The summed E-state index contributed by atoms with van der Waals surface area (Å²) in [6.45, 7) is 0.921. The number of aromatic nitrogens is 4. The highest BCUT2D eigenvalue weighted by Crippen LogP contribution is 2.12. The van der Waals surface area contributed by atoms with Gasteiger partial charge in [0.2, 0.25) is 10.0 Å². The molecule has 0 fully saturated rings. The van der Waals surface area contributed by atoms with Crippen molar-refractivity contribution in [3.8, 4) is 0 Å². The molecule has 4 rings (SSSR count). The first-order valence-electron chi connectivity index (χ1n) is 9.79. The summed E-state index contributed by atoms with van der Waals surface area (Å²) < 4.78 is 26.6. The number of rotatable bonds is 7. The van der Waals surface area contributed by atoms with Gasteiger partial charge in [-0.25, -0.2) is 23.2 Å². The molecule has 2 aromatic carbocycles. The van der Waals surface area contributed by atoms with Crippen LogP contribution in [0.3, 0.4) is 0 Å². The van der Waals surface area contributed by atoms with Crippen molar-refractivity contribution in [1.29, 1.82) is 0 Å². The van der Waals surface area contributed by atoms with Crippen LogP contribution in [0.5, 0.6) is 0 Å². The van der Waals surface area contributed by atoms with Gasteiger partial charge in [0.25, 0.3) is 11.5 Å². The van der Waals surface area contributed by atoms with Gasteiger partial charge in [-0.05, 0) is 42.0 Å². The van der Waals surface area contributed by atoms with Crippen molar-refractivity contribution in [2.75, 3.05) is 6.54 Å². The quantitative estimate of drug-likeness (QED) is 0.370. The van der Waals surface area contributed by atoms with Crippen molar-refractivity contribution in [3.63, 3.8) is 0 Å². The van der Waals surface area contributed by atoms with E-state index in [9.17, 15) is 18.0 Å². The number of fused-ring (bicyclic) bond motifs is 1. The van der Waals surface area contributed by atoms with Gasteiger partial charge in [0.15, 0.2) is 5.65 Å². The maximum absolute atomic E-state index is 12.8. The summed E-state index contributed by atoms with van der Waals surface area (Å²) in [5.74, 6) is -0.378. The Morgan fingerprint density at radius 1 is 1.09 bits per heavy atom. The minimum atomic E-state index is -3.82. The highest BCUT2D eigenvalue weighted by Gasteiger charge is 2.12. The fourth-order valence-electron chi connectivity index (χ4n) is 3.23. The first-order valence-corrected chi connectivity index (χ1v) is 12.1. The predicted molar refractivity (Wildman–Crippen MR) is 125 cm³/mol. The van der Waals surface area contributed by atoms with Crippen molar-refractivity contribution in [3.05, 3.63) is 87.0 Å². The molecule has 0 aliphatic rings. The number of nitrogens with one attached hydrogen (secondary N) is 1. The van der Waals surface area contributed by atoms with Crippen LogP contribution < -0.4 is 16.0 Å². The minimum Gasteiger partial charge on any atom is -0.350 e. The molecule has 0 atom stereocenters. The second-order valence-corrected chi connectivity index (χ2v) is 9.71. The van der Waals surface area contributed by atoms with Gasteiger partial charge in [-0.2, -0.15) is 5.10 Å². The standard InChI is InChI=1S/C21H19BrN6O4S/c22-16-5-1-14(2-6-16)12-27-13-25-19-18(21(27)30)11-26-28(19)10-9-24-20(29)15-3-7-17(8-4-15)33(23,31)32/h1-8,11,13H,9-10,12H2,(H,24,29)(H2,23,31,32). The third-order valence-corrected chi connectivity index (χ3v) is 6.40. The molecule has 0 saturated carbocycles. The number of primary sulfonamides is 1. The summed E-state index contributed by atoms with van der Waals surface area (Å²) in [5.41, 5.74) is 1.49. The van der Waals surface area contributed by atoms with E-state index in [1.54, 1.807) is 4.68 Å². The minimum absolute atomic E-state index is 0.0704. The number of carbonyl (C=O) groups is 1. The van der Waals surface area contributed by atoms with Gasteiger partial charge in [-0.1, -0.05) is 28.1 Å². The normalized spacial score (nSPS) is 11.6. The van der Waals surface area contributed by atoms with E-state index >= 15 is 0 Å². The van der Waals surface area contributed by atoms with Crippen molar-refractivity contribution >= 4 is 42.9 Å². The monoisotopic (exact) mass is 530 g/mol. The maximum Gasteiger partial charge on any atom is 0.264 e. The molecule has 10 nitrogen and oxygen atoms in total. The molecule has 0 saturated heterocycles. The number of sulfonamides is 1. The molecule has 4 aromatic rings. The number of carbonyl (C=O) groups excluding carboxylic acids is 1. The Kier molecular flexibility index (Phi) is 6.40. The van der Waals surface area contributed by atoms with Gasteiger partial charge in [0.1, 0.15) is 11.7 Å². The van der Waals surface area contributed by atoms with Gasteiger partial charge in [-0.3, -0.25) is 14.2 Å². The topological polar surface area (TPSA) is 142 Å². The number of nitrogens with two attached hydrogens (primary N) is 1. The summed E-state index contributed by atoms with van der Waals surface area (Å²) in [7, 11) is -3.82. The number of halogens is 1. The number of hydrogen-bond acceptors (Lipinski definition) is 6. The van der Waals surface area contributed by atoms with Gasteiger partial charge >= 0.3 is 0 Å². The van der Waals surface area contributed by atoms with E-state index in [4.69, 9.17) is 5.14 Å². The van der Waals surface area contributed by atoms with Crippen LogP contribution in [-0.4, -0.2) is 40.2 Å². The van der Waals surface area contributed by atoms with Crippen LogP contribution in [0, 0.1) is 0 Å². The fraction of sp³-hybridized carbons (Fsp3) is 0.143. The highest BCUT2D eigenvalue weighted by molar-refractivity contribution is 9.10.